The summed E-state index contributed by atoms with van der Waals surface area (Å²) in [5.74, 6) is -0.716. The predicted molar refractivity (Wildman–Crippen MR) is 71.2 cm³/mol. The fraction of sp³-hybridized carbons (Fsp3) is 0.533. The lowest BCUT2D eigenvalue weighted by Crippen LogP contribution is -2.42. The van der Waals surface area contributed by atoms with E-state index in [4.69, 9.17) is 9.47 Å². The van der Waals surface area contributed by atoms with Gasteiger partial charge in [0.1, 0.15) is 6.10 Å². The number of hydrogen-bond acceptors (Lipinski definition) is 3. The first-order valence-corrected chi connectivity index (χ1v) is 6.49. The van der Waals surface area contributed by atoms with Crippen LogP contribution < -0.4 is 0 Å². The fourth-order valence-corrected chi connectivity index (χ4v) is 2.62. The lowest BCUT2D eigenvalue weighted by atomic mass is 9.64. The molecule has 4 nitrogen and oxygen atoms in total. The van der Waals surface area contributed by atoms with Crippen molar-refractivity contribution in [2.75, 3.05) is 20.8 Å². The van der Waals surface area contributed by atoms with E-state index in [0.29, 0.717) is 6.61 Å². The number of carboxylic acid groups (broad SMARTS) is 1. The summed E-state index contributed by atoms with van der Waals surface area (Å²) in [5, 5.41) is 9.40. The first kappa shape index (κ1) is 14.0. The number of carbonyl (C=O) groups is 1. The van der Waals surface area contributed by atoms with E-state index in [0.717, 1.165) is 30.4 Å². The summed E-state index contributed by atoms with van der Waals surface area (Å²) in [5.41, 5.74) is 1.23. The van der Waals surface area contributed by atoms with Crippen molar-refractivity contribution in [2.45, 2.75) is 30.8 Å². The molecule has 1 N–H and O–H groups in total. The molecule has 0 spiro atoms. The van der Waals surface area contributed by atoms with Crippen molar-refractivity contribution >= 4 is 5.97 Å². The smallest absolute Gasteiger partial charge is 0.314 e. The number of aliphatic carboxylic acids is 1. The average Bonchev–Trinajstić information content (AvgIpc) is 2.35. The van der Waals surface area contributed by atoms with Gasteiger partial charge in [0.05, 0.1) is 12.0 Å². The highest BCUT2D eigenvalue weighted by Gasteiger charge is 2.45. The number of ether oxygens (including phenoxy) is 2. The Kier molecular flexibility index (Phi) is 4.22. The monoisotopic (exact) mass is 264 g/mol. The second kappa shape index (κ2) is 5.72. The molecule has 1 atom stereocenters. The summed E-state index contributed by atoms with van der Waals surface area (Å²) in [6.07, 6.45) is 2.33. The lowest BCUT2D eigenvalue weighted by Gasteiger charge is -2.38. The minimum Gasteiger partial charge on any atom is -0.481 e. The molecule has 0 amide bonds. The van der Waals surface area contributed by atoms with Crippen LogP contribution >= 0.6 is 0 Å². The largest absolute Gasteiger partial charge is 0.481 e. The van der Waals surface area contributed by atoms with E-state index in [1.165, 1.54) is 0 Å². The Balaban J connectivity index is 2.20. The second-order valence-electron chi connectivity index (χ2n) is 5.04. The molecule has 1 aromatic carbocycles. The molecule has 1 aliphatic rings. The van der Waals surface area contributed by atoms with Crippen LogP contribution in [0.2, 0.25) is 0 Å². The van der Waals surface area contributed by atoms with Gasteiger partial charge in [-0.05, 0) is 24.0 Å². The first-order valence-electron chi connectivity index (χ1n) is 6.49. The molecule has 1 aliphatic carbocycles. The van der Waals surface area contributed by atoms with Crippen LogP contribution in [-0.4, -0.2) is 31.9 Å². The SMILES string of the molecule is COCC(OC)c1ccc(C2(C(=O)O)CCC2)cc1. The van der Waals surface area contributed by atoms with Crippen molar-refractivity contribution in [1.82, 2.24) is 0 Å². The maximum atomic E-state index is 11.4. The van der Waals surface area contributed by atoms with Crippen LogP contribution in [0.5, 0.6) is 0 Å². The van der Waals surface area contributed by atoms with Gasteiger partial charge in [0.15, 0.2) is 0 Å². The quantitative estimate of drug-likeness (QED) is 0.857. The summed E-state index contributed by atoms with van der Waals surface area (Å²) in [7, 11) is 3.27. The van der Waals surface area contributed by atoms with Gasteiger partial charge in [-0.2, -0.15) is 0 Å². The number of hydrogen-bond donors (Lipinski definition) is 1. The second-order valence-corrected chi connectivity index (χ2v) is 5.04. The number of carboxylic acids is 1. The van der Waals surface area contributed by atoms with Crippen LogP contribution in [0.4, 0.5) is 0 Å². The Bertz CT molecular complexity index is 434. The van der Waals surface area contributed by atoms with Crippen LogP contribution in [0.1, 0.15) is 36.5 Å². The van der Waals surface area contributed by atoms with Crippen LogP contribution in [0.3, 0.4) is 0 Å². The Labute approximate surface area is 113 Å². The lowest BCUT2D eigenvalue weighted by molar-refractivity contribution is -0.147. The molecular weight excluding hydrogens is 244 g/mol. The van der Waals surface area contributed by atoms with E-state index >= 15 is 0 Å². The Morgan fingerprint density at radius 1 is 1.32 bits per heavy atom. The van der Waals surface area contributed by atoms with Crippen molar-refractivity contribution in [3.63, 3.8) is 0 Å². The molecule has 0 saturated heterocycles. The van der Waals surface area contributed by atoms with Crippen molar-refractivity contribution in [1.29, 1.82) is 0 Å². The van der Waals surface area contributed by atoms with Gasteiger partial charge in [-0.25, -0.2) is 0 Å². The minimum atomic E-state index is -0.716. The van der Waals surface area contributed by atoms with Crippen LogP contribution in [0, 0.1) is 0 Å². The molecule has 1 fully saturated rings. The number of methoxy groups -OCH3 is 2. The molecule has 0 aromatic heterocycles. The van der Waals surface area contributed by atoms with Crippen LogP contribution in [0.15, 0.2) is 24.3 Å². The zero-order chi connectivity index (χ0) is 13.9. The van der Waals surface area contributed by atoms with Crippen LogP contribution in [-0.2, 0) is 19.7 Å². The molecule has 2 rings (SSSR count). The van der Waals surface area contributed by atoms with E-state index in [-0.39, 0.29) is 6.10 Å². The average molecular weight is 264 g/mol. The van der Waals surface area contributed by atoms with Crippen molar-refractivity contribution in [2.24, 2.45) is 0 Å². The highest BCUT2D eigenvalue weighted by atomic mass is 16.5. The predicted octanol–water partition coefficient (Wildman–Crippen LogP) is 2.53. The molecule has 104 valence electrons. The van der Waals surface area contributed by atoms with Crippen molar-refractivity contribution < 1.29 is 19.4 Å². The van der Waals surface area contributed by atoms with E-state index in [1.54, 1.807) is 14.2 Å². The topological polar surface area (TPSA) is 55.8 Å². The van der Waals surface area contributed by atoms with E-state index < -0.39 is 11.4 Å². The summed E-state index contributed by atoms with van der Waals surface area (Å²) in [6.45, 7) is 0.486. The summed E-state index contributed by atoms with van der Waals surface area (Å²) >= 11 is 0. The third-order valence-corrected chi connectivity index (χ3v) is 4.05. The zero-order valence-electron chi connectivity index (χ0n) is 11.4. The Morgan fingerprint density at radius 3 is 2.32 bits per heavy atom. The molecule has 19 heavy (non-hydrogen) atoms. The maximum absolute atomic E-state index is 11.4. The molecule has 0 radical (unpaired) electrons. The molecular formula is C15H20O4. The van der Waals surface area contributed by atoms with Gasteiger partial charge in [0.25, 0.3) is 0 Å². The Hall–Kier alpha value is -1.39. The molecule has 1 saturated carbocycles. The highest BCUT2D eigenvalue weighted by molar-refractivity contribution is 5.82. The van der Waals surface area contributed by atoms with Gasteiger partial charge in [-0.1, -0.05) is 30.7 Å². The third kappa shape index (κ3) is 2.51. The minimum absolute atomic E-state index is 0.110. The zero-order valence-corrected chi connectivity index (χ0v) is 11.4. The molecule has 0 heterocycles. The molecule has 0 aliphatic heterocycles. The van der Waals surface area contributed by atoms with Gasteiger partial charge in [-0.3, -0.25) is 4.79 Å². The van der Waals surface area contributed by atoms with Gasteiger partial charge in [0.2, 0.25) is 0 Å². The Morgan fingerprint density at radius 2 is 1.95 bits per heavy atom. The van der Waals surface area contributed by atoms with E-state index in [9.17, 15) is 9.90 Å². The van der Waals surface area contributed by atoms with Gasteiger partial charge in [0, 0.05) is 14.2 Å². The fourth-order valence-electron chi connectivity index (χ4n) is 2.62. The molecule has 1 aromatic rings. The van der Waals surface area contributed by atoms with Crippen molar-refractivity contribution in [3.8, 4) is 0 Å². The summed E-state index contributed by atoms with van der Waals surface area (Å²) < 4.78 is 10.4. The number of benzene rings is 1. The number of rotatable bonds is 6. The summed E-state index contributed by atoms with van der Waals surface area (Å²) in [6, 6.07) is 7.69. The van der Waals surface area contributed by atoms with Gasteiger partial charge >= 0.3 is 5.97 Å². The van der Waals surface area contributed by atoms with E-state index in [2.05, 4.69) is 0 Å². The normalized spacial score (nSPS) is 18.6. The van der Waals surface area contributed by atoms with Gasteiger partial charge < -0.3 is 14.6 Å². The summed E-state index contributed by atoms with van der Waals surface area (Å²) in [4.78, 5) is 11.4. The third-order valence-electron chi connectivity index (χ3n) is 4.05. The standard InChI is InChI=1S/C15H20O4/c1-18-10-13(19-2)11-4-6-12(7-5-11)15(14(16)17)8-3-9-15/h4-7,13H,3,8-10H2,1-2H3,(H,16,17). The molecule has 0 bridgehead atoms. The van der Waals surface area contributed by atoms with E-state index in [1.807, 2.05) is 24.3 Å². The highest BCUT2D eigenvalue weighted by Crippen LogP contribution is 2.44. The molecule has 4 heteroatoms. The van der Waals surface area contributed by atoms with Gasteiger partial charge in [-0.15, -0.1) is 0 Å². The van der Waals surface area contributed by atoms with Crippen LogP contribution in [0.25, 0.3) is 0 Å². The van der Waals surface area contributed by atoms with Crippen molar-refractivity contribution in [3.05, 3.63) is 35.4 Å². The first-order chi connectivity index (χ1) is 9.14. The maximum Gasteiger partial charge on any atom is 0.314 e. The molecule has 1 unspecified atom stereocenters.